The molecule has 2 atom stereocenters. The van der Waals surface area contributed by atoms with Gasteiger partial charge in [-0.1, -0.05) is 6.58 Å². The van der Waals surface area contributed by atoms with Crippen molar-refractivity contribution >= 4 is 11.9 Å². The van der Waals surface area contributed by atoms with Gasteiger partial charge in [0.15, 0.2) is 6.10 Å². The molecule has 2 unspecified atom stereocenters. The molecule has 5 heteroatoms. The van der Waals surface area contributed by atoms with Gasteiger partial charge in [-0.05, 0) is 13.8 Å². The Morgan fingerprint density at radius 3 is 2.69 bits per heavy atom. The molecule has 90 valence electrons. The van der Waals surface area contributed by atoms with Crippen molar-refractivity contribution in [3.05, 3.63) is 12.2 Å². The van der Waals surface area contributed by atoms with Crippen LogP contribution in [0.15, 0.2) is 12.2 Å². The quantitative estimate of drug-likeness (QED) is 0.526. The van der Waals surface area contributed by atoms with Crippen molar-refractivity contribution in [1.29, 1.82) is 0 Å². The van der Waals surface area contributed by atoms with E-state index in [0.29, 0.717) is 19.6 Å². The van der Waals surface area contributed by atoms with E-state index in [9.17, 15) is 9.59 Å². The van der Waals surface area contributed by atoms with Gasteiger partial charge < -0.3 is 14.2 Å². The molecular formula is C11H16O5. The number of ether oxygens (including phenoxy) is 3. The molecule has 0 aromatic carbocycles. The lowest BCUT2D eigenvalue weighted by Crippen LogP contribution is -2.30. The molecule has 1 saturated heterocycles. The molecule has 1 aliphatic rings. The van der Waals surface area contributed by atoms with Crippen LogP contribution in [0.3, 0.4) is 0 Å². The van der Waals surface area contributed by atoms with Crippen molar-refractivity contribution < 1.29 is 23.8 Å². The van der Waals surface area contributed by atoms with E-state index in [4.69, 9.17) is 14.2 Å². The highest BCUT2D eigenvalue weighted by Gasteiger charge is 2.25. The van der Waals surface area contributed by atoms with Crippen molar-refractivity contribution in [2.24, 2.45) is 0 Å². The Labute approximate surface area is 94.4 Å². The third-order valence-electron chi connectivity index (χ3n) is 2.13. The van der Waals surface area contributed by atoms with Crippen LogP contribution in [-0.2, 0) is 23.8 Å². The molecule has 0 aromatic heterocycles. The summed E-state index contributed by atoms with van der Waals surface area (Å²) in [5, 5.41) is 0. The van der Waals surface area contributed by atoms with Crippen LogP contribution < -0.4 is 0 Å². The van der Waals surface area contributed by atoms with Gasteiger partial charge in [-0.2, -0.15) is 0 Å². The summed E-state index contributed by atoms with van der Waals surface area (Å²) in [6.45, 7) is 7.42. The van der Waals surface area contributed by atoms with Gasteiger partial charge in [0, 0.05) is 12.0 Å². The van der Waals surface area contributed by atoms with Crippen LogP contribution in [0.1, 0.15) is 20.3 Å². The predicted octanol–water partition coefficient (Wildman–Crippen LogP) is 0.826. The Bertz CT molecular complexity index is 291. The van der Waals surface area contributed by atoms with Gasteiger partial charge >= 0.3 is 11.9 Å². The van der Waals surface area contributed by atoms with Crippen LogP contribution in [0.2, 0.25) is 0 Å². The first-order chi connectivity index (χ1) is 7.50. The summed E-state index contributed by atoms with van der Waals surface area (Å²) in [6.07, 6.45) is -0.448. The van der Waals surface area contributed by atoms with Crippen LogP contribution in [0, 0.1) is 0 Å². The summed E-state index contributed by atoms with van der Waals surface area (Å²) in [4.78, 5) is 22.6. The van der Waals surface area contributed by atoms with Crippen LogP contribution >= 0.6 is 0 Å². The number of rotatable bonds is 4. The van der Waals surface area contributed by atoms with Crippen LogP contribution in [0.4, 0.5) is 0 Å². The van der Waals surface area contributed by atoms with Crippen molar-refractivity contribution in [3.63, 3.8) is 0 Å². The molecule has 0 spiro atoms. The van der Waals surface area contributed by atoms with Crippen LogP contribution in [0.5, 0.6) is 0 Å². The molecule has 16 heavy (non-hydrogen) atoms. The zero-order chi connectivity index (χ0) is 12.1. The highest BCUT2D eigenvalue weighted by Crippen LogP contribution is 2.10. The Morgan fingerprint density at radius 1 is 1.50 bits per heavy atom. The Balaban J connectivity index is 2.35. The van der Waals surface area contributed by atoms with Gasteiger partial charge in [0.05, 0.1) is 13.2 Å². The average molecular weight is 228 g/mol. The molecule has 0 N–H and O–H groups in total. The fourth-order valence-electron chi connectivity index (χ4n) is 1.18. The van der Waals surface area contributed by atoms with Crippen LogP contribution in [-0.4, -0.2) is 37.4 Å². The largest absolute Gasteiger partial charge is 0.457 e. The van der Waals surface area contributed by atoms with Gasteiger partial charge in [-0.3, -0.25) is 0 Å². The minimum atomic E-state index is -0.912. The Morgan fingerprint density at radius 2 is 2.19 bits per heavy atom. The minimum Gasteiger partial charge on any atom is -0.457 e. The fourth-order valence-corrected chi connectivity index (χ4v) is 1.18. The molecule has 1 heterocycles. The van der Waals surface area contributed by atoms with Gasteiger partial charge in [0.25, 0.3) is 0 Å². The number of hydrogen-bond acceptors (Lipinski definition) is 5. The van der Waals surface area contributed by atoms with Crippen molar-refractivity contribution in [2.75, 3.05) is 13.2 Å². The van der Waals surface area contributed by atoms with Crippen molar-refractivity contribution in [3.8, 4) is 0 Å². The molecule has 0 radical (unpaired) electrons. The second-order valence-electron chi connectivity index (χ2n) is 3.75. The maximum atomic E-state index is 11.5. The summed E-state index contributed by atoms with van der Waals surface area (Å²) in [7, 11) is 0. The summed E-state index contributed by atoms with van der Waals surface area (Å²) in [5.74, 6) is -1.14. The third-order valence-corrected chi connectivity index (χ3v) is 2.13. The second-order valence-corrected chi connectivity index (χ2v) is 3.75. The molecular weight excluding hydrogens is 212 g/mol. The highest BCUT2D eigenvalue weighted by molar-refractivity contribution is 5.89. The number of hydrogen-bond donors (Lipinski definition) is 0. The Kier molecular flexibility index (Phi) is 4.49. The maximum absolute atomic E-state index is 11.5. The van der Waals surface area contributed by atoms with Crippen molar-refractivity contribution in [2.45, 2.75) is 32.5 Å². The van der Waals surface area contributed by atoms with Crippen molar-refractivity contribution in [1.82, 2.24) is 0 Å². The first-order valence-corrected chi connectivity index (χ1v) is 5.15. The third kappa shape index (κ3) is 3.66. The molecule has 0 aromatic rings. The second kappa shape index (κ2) is 5.65. The molecule has 5 nitrogen and oxygen atoms in total. The van der Waals surface area contributed by atoms with Gasteiger partial charge in [-0.15, -0.1) is 0 Å². The SMILES string of the molecule is C=C(C)C(=O)OC(C)C(=O)OC1CCOC1. The Hall–Kier alpha value is -1.36. The molecule has 1 rings (SSSR count). The van der Waals surface area contributed by atoms with E-state index >= 15 is 0 Å². The lowest BCUT2D eigenvalue weighted by Gasteiger charge is -2.15. The summed E-state index contributed by atoms with van der Waals surface area (Å²) < 4.78 is 15.0. The highest BCUT2D eigenvalue weighted by atomic mass is 16.6. The van der Waals surface area contributed by atoms with E-state index in [1.807, 2.05) is 0 Å². The maximum Gasteiger partial charge on any atom is 0.347 e. The van der Waals surface area contributed by atoms with E-state index in [1.54, 1.807) is 0 Å². The molecule has 0 amide bonds. The summed E-state index contributed by atoms with van der Waals surface area (Å²) >= 11 is 0. The van der Waals surface area contributed by atoms with E-state index < -0.39 is 18.0 Å². The lowest BCUT2D eigenvalue weighted by atomic mass is 10.3. The van der Waals surface area contributed by atoms with Gasteiger partial charge in [-0.25, -0.2) is 9.59 Å². The summed E-state index contributed by atoms with van der Waals surface area (Å²) in [5.41, 5.74) is 0.254. The monoisotopic (exact) mass is 228 g/mol. The predicted molar refractivity (Wildman–Crippen MR) is 55.7 cm³/mol. The zero-order valence-corrected chi connectivity index (χ0v) is 9.52. The fraction of sp³-hybridized carbons (Fsp3) is 0.636. The first kappa shape index (κ1) is 12.7. The van der Waals surface area contributed by atoms with Gasteiger partial charge in [0.2, 0.25) is 0 Å². The standard InChI is InChI=1S/C11H16O5/c1-7(2)10(12)15-8(3)11(13)16-9-4-5-14-6-9/h8-9H,1,4-6H2,2-3H3. The smallest absolute Gasteiger partial charge is 0.347 e. The van der Waals surface area contributed by atoms with E-state index in [2.05, 4.69) is 6.58 Å². The van der Waals surface area contributed by atoms with E-state index in [-0.39, 0.29) is 11.7 Å². The zero-order valence-electron chi connectivity index (χ0n) is 9.52. The van der Waals surface area contributed by atoms with Crippen LogP contribution in [0.25, 0.3) is 0 Å². The molecule has 0 aliphatic carbocycles. The normalized spacial score (nSPS) is 21.2. The number of esters is 2. The van der Waals surface area contributed by atoms with E-state index in [1.165, 1.54) is 13.8 Å². The minimum absolute atomic E-state index is 0.224. The molecule has 1 fully saturated rings. The molecule has 0 saturated carbocycles. The van der Waals surface area contributed by atoms with E-state index in [0.717, 1.165) is 0 Å². The number of carbonyl (C=O) groups is 2. The number of carbonyl (C=O) groups excluding carboxylic acids is 2. The average Bonchev–Trinajstić information content (AvgIpc) is 2.69. The molecule has 0 bridgehead atoms. The summed E-state index contributed by atoms with van der Waals surface area (Å²) in [6, 6.07) is 0. The first-order valence-electron chi connectivity index (χ1n) is 5.15. The topological polar surface area (TPSA) is 61.8 Å². The van der Waals surface area contributed by atoms with Gasteiger partial charge in [0.1, 0.15) is 6.10 Å². The molecule has 1 aliphatic heterocycles. The lowest BCUT2D eigenvalue weighted by molar-refractivity contribution is -0.168.